The molecular formula is C4H3IN2O. The second kappa shape index (κ2) is 3.43. The van der Waals surface area contributed by atoms with E-state index in [1.165, 1.54) is 22.6 Å². The number of carbonyl (C=O) groups is 1. The summed E-state index contributed by atoms with van der Waals surface area (Å²) in [5.74, 6) is 0. The normalized spacial score (nSPS) is 10.2. The van der Waals surface area contributed by atoms with Gasteiger partial charge in [0, 0.05) is 28.8 Å². The fourth-order valence-corrected chi connectivity index (χ4v) is 0.447. The van der Waals surface area contributed by atoms with Crippen LogP contribution in [0, 0.1) is 11.3 Å². The van der Waals surface area contributed by atoms with Crippen LogP contribution in [0.5, 0.6) is 0 Å². The zero-order chi connectivity index (χ0) is 6.57. The van der Waals surface area contributed by atoms with E-state index in [4.69, 9.17) is 11.0 Å². The molecule has 0 aromatic carbocycles. The van der Waals surface area contributed by atoms with Gasteiger partial charge in [-0.3, -0.25) is 4.79 Å². The van der Waals surface area contributed by atoms with E-state index in [1.807, 2.05) is 0 Å². The Kier molecular flexibility index (Phi) is 3.19. The van der Waals surface area contributed by atoms with Crippen LogP contribution in [0.4, 0.5) is 0 Å². The van der Waals surface area contributed by atoms with Crippen molar-refractivity contribution in [2.45, 2.75) is 0 Å². The molecule has 0 aliphatic rings. The van der Waals surface area contributed by atoms with Gasteiger partial charge in [-0.1, -0.05) is 0 Å². The quantitative estimate of drug-likeness (QED) is 0.300. The Morgan fingerprint density at radius 1 is 1.88 bits per heavy atom. The number of hydrogen-bond donors (Lipinski definition) is 1. The van der Waals surface area contributed by atoms with Crippen LogP contribution in [-0.2, 0) is 4.79 Å². The molecule has 0 aromatic heterocycles. The van der Waals surface area contributed by atoms with Gasteiger partial charge in [0.15, 0.2) is 0 Å². The highest BCUT2D eigenvalue weighted by Crippen LogP contribution is 1.97. The highest BCUT2D eigenvalue weighted by Gasteiger charge is 1.99. The summed E-state index contributed by atoms with van der Waals surface area (Å²) >= 11 is 1.49. The average molecular weight is 222 g/mol. The molecule has 0 aliphatic heterocycles. The van der Waals surface area contributed by atoms with Gasteiger partial charge in [0.25, 0.3) is 0 Å². The maximum atomic E-state index is 10.2. The molecule has 0 saturated carbocycles. The van der Waals surface area contributed by atoms with Crippen LogP contribution >= 0.6 is 22.6 Å². The van der Waals surface area contributed by atoms with Crippen LogP contribution < -0.4 is 5.73 Å². The molecule has 0 fully saturated rings. The number of hydrogen-bond acceptors (Lipinski definition) is 3. The van der Waals surface area contributed by atoms with Crippen molar-refractivity contribution in [2.75, 3.05) is 0 Å². The molecule has 0 spiro atoms. The molecule has 2 N–H and O–H groups in total. The van der Waals surface area contributed by atoms with E-state index >= 15 is 0 Å². The summed E-state index contributed by atoms with van der Waals surface area (Å²) in [6.45, 7) is 0. The second-order valence-electron chi connectivity index (χ2n) is 0.966. The van der Waals surface area contributed by atoms with Crippen molar-refractivity contribution in [1.29, 1.82) is 5.26 Å². The maximum absolute atomic E-state index is 10.2. The van der Waals surface area contributed by atoms with Crippen LogP contribution in [-0.4, -0.2) is 3.79 Å². The van der Waals surface area contributed by atoms with Gasteiger partial charge in [0.05, 0.1) is 0 Å². The first-order chi connectivity index (χ1) is 3.72. The molecule has 0 atom stereocenters. The molecule has 4 heteroatoms. The first-order valence-corrected chi connectivity index (χ1v) is 2.82. The van der Waals surface area contributed by atoms with Gasteiger partial charge in [-0.25, -0.2) is 0 Å². The molecule has 0 saturated heterocycles. The fourth-order valence-electron chi connectivity index (χ4n) is 0.147. The summed E-state index contributed by atoms with van der Waals surface area (Å²) in [6, 6.07) is 1.63. The third-order valence-electron chi connectivity index (χ3n) is 0.499. The van der Waals surface area contributed by atoms with E-state index < -0.39 is 0 Å². The summed E-state index contributed by atoms with van der Waals surface area (Å²) in [5.41, 5.74) is 4.87. The van der Waals surface area contributed by atoms with E-state index in [-0.39, 0.29) is 9.36 Å². The third-order valence-corrected chi connectivity index (χ3v) is 1.08. The standard InChI is InChI=1S/C4H3IN2O/c5-4(8)3(1-6)2-7/h1H,6H2/b3-1-. The maximum Gasteiger partial charge on any atom is 0.234 e. The molecule has 0 aromatic rings. The van der Waals surface area contributed by atoms with Crippen molar-refractivity contribution >= 4 is 26.4 Å². The summed E-state index contributed by atoms with van der Waals surface area (Å²) in [4.78, 5) is 10.2. The van der Waals surface area contributed by atoms with Crippen molar-refractivity contribution < 1.29 is 4.79 Å². The predicted molar refractivity (Wildman–Crippen MR) is 36.9 cm³/mol. The van der Waals surface area contributed by atoms with Gasteiger partial charge in [-0.05, 0) is 0 Å². The lowest BCUT2D eigenvalue weighted by Gasteiger charge is -1.80. The minimum absolute atomic E-state index is 0.00870. The third kappa shape index (κ3) is 1.93. The van der Waals surface area contributed by atoms with Gasteiger partial charge >= 0.3 is 0 Å². The highest BCUT2D eigenvalue weighted by molar-refractivity contribution is 14.1. The minimum Gasteiger partial charge on any atom is -0.403 e. The molecule has 0 aliphatic carbocycles. The van der Waals surface area contributed by atoms with Gasteiger partial charge in [-0.2, -0.15) is 5.26 Å². The van der Waals surface area contributed by atoms with Crippen LogP contribution in [0.15, 0.2) is 11.8 Å². The first-order valence-electron chi connectivity index (χ1n) is 1.74. The van der Waals surface area contributed by atoms with Crippen molar-refractivity contribution in [1.82, 2.24) is 0 Å². The Labute approximate surface area is 60.3 Å². The monoisotopic (exact) mass is 222 g/mol. The largest absolute Gasteiger partial charge is 0.403 e. The summed E-state index contributed by atoms with van der Waals surface area (Å²) < 4.78 is -0.326. The van der Waals surface area contributed by atoms with Crippen molar-refractivity contribution in [3.05, 3.63) is 11.8 Å². The van der Waals surface area contributed by atoms with E-state index in [1.54, 1.807) is 6.07 Å². The number of allylic oxidation sites excluding steroid dienone is 1. The molecule has 0 rings (SSSR count). The Bertz CT molecular complexity index is 167. The van der Waals surface area contributed by atoms with E-state index in [0.29, 0.717) is 0 Å². The smallest absolute Gasteiger partial charge is 0.234 e. The van der Waals surface area contributed by atoms with Crippen LogP contribution in [0.25, 0.3) is 0 Å². The lowest BCUT2D eigenvalue weighted by molar-refractivity contribution is -0.106. The number of nitriles is 1. The van der Waals surface area contributed by atoms with Crippen LogP contribution in [0.1, 0.15) is 0 Å². The molecule has 0 heterocycles. The predicted octanol–water partition coefficient (Wildman–Crippen LogP) is 0.314. The molecule has 0 unspecified atom stereocenters. The molecule has 8 heavy (non-hydrogen) atoms. The number of halogens is 1. The zero-order valence-corrected chi connectivity index (χ0v) is 6.05. The number of nitrogens with two attached hydrogens (primary N) is 1. The van der Waals surface area contributed by atoms with E-state index in [2.05, 4.69) is 0 Å². The Hall–Kier alpha value is -0.570. The van der Waals surface area contributed by atoms with E-state index in [9.17, 15) is 4.79 Å². The second-order valence-corrected chi connectivity index (χ2v) is 1.95. The Balaban J connectivity index is 4.20. The molecule has 0 amide bonds. The minimum atomic E-state index is -0.326. The fraction of sp³-hybridized carbons (Fsp3) is 0. The van der Waals surface area contributed by atoms with Gasteiger partial charge in [0.1, 0.15) is 11.6 Å². The first kappa shape index (κ1) is 7.43. The topological polar surface area (TPSA) is 66.9 Å². The van der Waals surface area contributed by atoms with Gasteiger partial charge in [0.2, 0.25) is 3.79 Å². The lowest BCUT2D eigenvalue weighted by atomic mass is 10.4. The molecule has 0 radical (unpaired) electrons. The molecule has 42 valence electrons. The SMILES string of the molecule is N#C/C(=C/N)C(=O)I. The number of rotatable bonds is 1. The summed E-state index contributed by atoms with van der Waals surface area (Å²) in [7, 11) is 0. The number of nitrogens with zero attached hydrogens (tertiary/aromatic N) is 1. The average Bonchev–Trinajstić information content (AvgIpc) is 1.69. The van der Waals surface area contributed by atoms with Crippen LogP contribution in [0.3, 0.4) is 0 Å². The number of carbonyl (C=O) groups excluding carboxylic acids is 1. The zero-order valence-electron chi connectivity index (χ0n) is 3.89. The summed E-state index contributed by atoms with van der Waals surface area (Å²) in [5, 5.41) is 8.07. The molecule has 0 bridgehead atoms. The summed E-state index contributed by atoms with van der Waals surface area (Å²) in [6.07, 6.45) is 0.995. The highest BCUT2D eigenvalue weighted by atomic mass is 127. The van der Waals surface area contributed by atoms with Crippen molar-refractivity contribution in [3.8, 4) is 6.07 Å². The molecular weight excluding hydrogens is 219 g/mol. The van der Waals surface area contributed by atoms with Crippen molar-refractivity contribution in [2.24, 2.45) is 5.73 Å². The Morgan fingerprint density at radius 3 is 2.38 bits per heavy atom. The van der Waals surface area contributed by atoms with Crippen LogP contribution in [0.2, 0.25) is 0 Å². The van der Waals surface area contributed by atoms with Gasteiger partial charge < -0.3 is 5.73 Å². The van der Waals surface area contributed by atoms with Crippen molar-refractivity contribution in [3.63, 3.8) is 0 Å². The van der Waals surface area contributed by atoms with E-state index in [0.717, 1.165) is 6.20 Å². The Morgan fingerprint density at radius 2 is 2.38 bits per heavy atom. The lowest BCUT2D eigenvalue weighted by Crippen LogP contribution is -1.92. The van der Waals surface area contributed by atoms with Gasteiger partial charge in [-0.15, -0.1) is 0 Å². The molecule has 3 nitrogen and oxygen atoms in total.